The summed E-state index contributed by atoms with van der Waals surface area (Å²) < 4.78 is 5.93. The number of aliphatic hydroxyl groups is 1. The molecule has 0 saturated heterocycles. The maximum atomic E-state index is 9.24. The van der Waals surface area contributed by atoms with Gasteiger partial charge < -0.3 is 9.84 Å². The van der Waals surface area contributed by atoms with Crippen molar-refractivity contribution in [3.8, 4) is 5.75 Å². The summed E-state index contributed by atoms with van der Waals surface area (Å²) in [6.45, 7) is 6.21. The van der Waals surface area contributed by atoms with E-state index in [1.165, 1.54) is 0 Å². The number of ether oxygens (including phenoxy) is 1. The third-order valence-electron chi connectivity index (χ3n) is 2.96. The first-order valence-electron chi connectivity index (χ1n) is 5.55. The van der Waals surface area contributed by atoms with Crippen LogP contribution in [0.5, 0.6) is 5.75 Å². The topological polar surface area (TPSA) is 29.5 Å². The number of aliphatic hydroxyl groups excluding tert-OH is 1. The number of fused-ring (bicyclic) bond motifs is 1. The predicted molar refractivity (Wildman–Crippen MR) is 65.4 cm³/mol. The molecule has 88 valence electrons. The first-order valence-corrected chi connectivity index (χ1v) is 5.93. The van der Waals surface area contributed by atoms with Gasteiger partial charge in [0.25, 0.3) is 0 Å². The summed E-state index contributed by atoms with van der Waals surface area (Å²) in [4.78, 5) is 0. The molecule has 0 fully saturated rings. The number of benzene rings is 1. The highest BCUT2D eigenvalue weighted by molar-refractivity contribution is 6.30. The lowest BCUT2D eigenvalue weighted by molar-refractivity contribution is 0.136. The van der Waals surface area contributed by atoms with Crippen molar-refractivity contribution < 1.29 is 9.84 Å². The first kappa shape index (κ1) is 11.7. The molecular formula is C13H17ClO2. The molecule has 1 aromatic rings. The minimum absolute atomic E-state index is 0.0568. The van der Waals surface area contributed by atoms with Crippen LogP contribution in [0.3, 0.4) is 0 Å². The molecular weight excluding hydrogens is 224 g/mol. The molecule has 1 aromatic carbocycles. The van der Waals surface area contributed by atoms with Gasteiger partial charge in [0.1, 0.15) is 11.4 Å². The van der Waals surface area contributed by atoms with Gasteiger partial charge >= 0.3 is 0 Å². The van der Waals surface area contributed by atoms with E-state index in [4.69, 9.17) is 16.3 Å². The minimum Gasteiger partial charge on any atom is -0.487 e. The van der Waals surface area contributed by atoms with E-state index in [0.29, 0.717) is 0 Å². The van der Waals surface area contributed by atoms with Crippen molar-refractivity contribution in [2.45, 2.75) is 38.7 Å². The Balaban J connectivity index is 2.49. The molecule has 0 radical (unpaired) electrons. The van der Waals surface area contributed by atoms with Crippen LogP contribution in [0.1, 0.15) is 37.8 Å². The van der Waals surface area contributed by atoms with Gasteiger partial charge in [0, 0.05) is 29.5 Å². The largest absolute Gasteiger partial charge is 0.487 e. The Kier molecular flexibility index (Phi) is 2.89. The van der Waals surface area contributed by atoms with Gasteiger partial charge in [-0.25, -0.2) is 0 Å². The normalized spacial score (nSPS) is 19.1. The lowest BCUT2D eigenvalue weighted by atomic mass is 9.96. The second-order valence-electron chi connectivity index (χ2n) is 5.11. The van der Waals surface area contributed by atoms with Crippen LogP contribution in [0.4, 0.5) is 0 Å². The highest BCUT2D eigenvalue weighted by Crippen LogP contribution is 2.42. The van der Waals surface area contributed by atoms with Crippen molar-refractivity contribution in [1.82, 2.24) is 0 Å². The van der Waals surface area contributed by atoms with Crippen LogP contribution in [0, 0.1) is 0 Å². The average molecular weight is 241 g/mol. The van der Waals surface area contributed by atoms with Crippen molar-refractivity contribution in [2.24, 2.45) is 0 Å². The zero-order valence-electron chi connectivity index (χ0n) is 9.88. The van der Waals surface area contributed by atoms with Gasteiger partial charge in [-0.05, 0) is 31.5 Å². The predicted octanol–water partition coefficient (Wildman–Crippen LogP) is 3.15. The number of halogens is 1. The second kappa shape index (κ2) is 3.94. The molecule has 0 saturated carbocycles. The van der Waals surface area contributed by atoms with Crippen molar-refractivity contribution in [3.63, 3.8) is 0 Å². The number of hydrogen-bond acceptors (Lipinski definition) is 2. The van der Waals surface area contributed by atoms with E-state index in [1.54, 1.807) is 0 Å². The van der Waals surface area contributed by atoms with Crippen molar-refractivity contribution in [3.05, 3.63) is 28.3 Å². The van der Waals surface area contributed by atoms with E-state index in [-0.39, 0.29) is 18.1 Å². The Bertz CT molecular complexity index is 413. The Hall–Kier alpha value is -0.730. The zero-order chi connectivity index (χ0) is 11.9. The minimum atomic E-state index is -0.170. The van der Waals surface area contributed by atoms with Gasteiger partial charge in [0.2, 0.25) is 0 Å². The van der Waals surface area contributed by atoms with Crippen molar-refractivity contribution in [1.29, 1.82) is 0 Å². The fourth-order valence-corrected chi connectivity index (χ4v) is 2.41. The monoisotopic (exact) mass is 240 g/mol. The molecule has 16 heavy (non-hydrogen) atoms. The van der Waals surface area contributed by atoms with E-state index in [1.807, 2.05) is 19.1 Å². The van der Waals surface area contributed by atoms with Crippen LogP contribution in [0.25, 0.3) is 0 Å². The molecule has 1 N–H and O–H groups in total. The Morgan fingerprint density at radius 2 is 2.19 bits per heavy atom. The summed E-state index contributed by atoms with van der Waals surface area (Å²) in [5.74, 6) is 0.970. The number of hydrogen-bond donors (Lipinski definition) is 1. The first-order chi connectivity index (χ1) is 7.43. The third-order valence-corrected chi connectivity index (χ3v) is 3.18. The summed E-state index contributed by atoms with van der Waals surface area (Å²) in [6, 6.07) is 3.85. The SMILES string of the molecule is CC(CO)c1cc(Cl)cc2c1OC(C)(C)C2. The summed E-state index contributed by atoms with van der Waals surface area (Å²) in [5.41, 5.74) is 1.99. The lowest BCUT2D eigenvalue weighted by Crippen LogP contribution is -2.25. The molecule has 1 atom stereocenters. The quantitative estimate of drug-likeness (QED) is 0.861. The van der Waals surface area contributed by atoms with E-state index in [0.717, 1.165) is 28.3 Å². The summed E-state index contributed by atoms with van der Waals surface area (Å²) in [7, 11) is 0. The fourth-order valence-electron chi connectivity index (χ4n) is 2.16. The lowest BCUT2D eigenvalue weighted by Gasteiger charge is -2.19. The molecule has 3 heteroatoms. The average Bonchev–Trinajstić information content (AvgIpc) is 2.49. The fraction of sp³-hybridized carbons (Fsp3) is 0.538. The van der Waals surface area contributed by atoms with Crippen LogP contribution >= 0.6 is 11.6 Å². The Labute approximate surface area is 101 Å². The van der Waals surface area contributed by atoms with Gasteiger partial charge in [-0.3, -0.25) is 0 Å². The molecule has 0 aromatic heterocycles. The zero-order valence-corrected chi connectivity index (χ0v) is 10.6. The molecule has 1 aliphatic rings. The van der Waals surface area contributed by atoms with Gasteiger partial charge in [-0.2, -0.15) is 0 Å². The van der Waals surface area contributed by atoms with Gasteiger partial charge in [-0.15, -0.1) is 0 Å². The molecule has 1 heterocycles. The van der Waals surface area contributed by atoms with Crippen molar-refractivity contribution in [2.75, 3.05) is 6.61 Å². The summed E-state index contributed by atoms with van der Waals surface area (Å²) >= 11 is 6.09. The Morgan fingerprint density at radius 1 is 1.50 bits per heavy atom. The molecule has 1 aliphatic heterocycles. The molecule has 0 spiro atoms. The molecule has 2 rings (SSSR count). The summed E-state index contributed by atoms with van der Waals surface area (Å²) in [6.07, 6.45) is 0.869. The summed E-state index contributed by atoms with van der Waals surface area (Å²) in [5, 5.41) is 9.96. The smallest absolute Gasteiger partial charge is 0.127 e. The molecule has 0 aliphatic carbocycles. The van der Waals surface area contributed by atoms with Gasteiger partial charge in [-0.1, -0.05) is 18.5 Å². The van der Waals surface area contributed by atoms with E-state index >= 15 is 0 Å². The molecule has 2 nitrogen and oxygen atoms in total. The maximum absolute atomic E-state index is 9.24. The van der Waals surface area contributed by atoms with Crippen LogP contribution < -0.4 is 4.74 Å². The van der Waals surface area contributed by atoms with Gasteiger partial charge in [0.05, 0.1) is 0 Å². The van der Waals surface area contributed by atoms with Crippen LogP contribution in [0.15, 0.2) is 12.1 Å². The van der Waals surface area contributed by atoms with Crippen LogP contribution in [-0.4, -0.2) is 17.3 Å². The van der Waals surface area contributed by atoms with E-state index in [9.17, 15) is 5.11 Å². The standard InChI is InChI=1S/C13H17ClO2/c1-8(7-15)11-5-10(14)4-9-6-13(2,3)16-12(9)11/h4-5,8,15H,6-7H2,1-3H3. The highest BCUT2D eigenvalue weighted by atomic mass is 35.5. The second-order valence-corrected chi connectivity index (χ2v) is 5.54. The van der Waals surface area contributed by atoms with Gasteiger partial charge in [0.15, 0.2) is 0 Å². The van der Waals surface area contributed by atoms with Crippen LogP contribution in [-0.2, 0) is 6.42 Å². The van der Waals surface area contributed by atoms with Crippen molar-refractivity contribution >= 4 is 11.6 Å². The molecule has 0 bridgehead atoms. The molecule has 1 unspecified atom stereocenters. The molecule has 0 amide bonds. The highest BCUT2D eigenvalue weighted by Gasteiger charge is 2.33. The Morgan fingerprint density at radius 3 is 2.81 bits per heavy atom. The maximum Gasteiger partial charge on any atom is 0.127 e. The van der Waals surface area contributed by atoms with E-state index < -0.39 is 0 Å². The van der Waals surface area contributed by atoms with E-state index in [2.05, 4.69) is 13.8 Å². The third kappa shape index (κ3) is 2.04. The van der Waals surface area contributed by atoms with Crippen LogP contribution in [0.2, 0.25) is 5.02 Å². The number of rotatable bonds is 2.